The number of nitrogen functional groups attached to an aromatic ring is 1. The molecule has 15 heavy (non-hydrogen) atoms. The van der Waals surface area contributed by atoms with E-state index in [-0.39, 0.29) is 0 Å². The zero-order valence-electron chi connectivity index (χ0n) is 8.18. The van der Waals surface area contributed by atoms with E-state index in [0.717, 1.165) is 40.1 Å². The third kappa shape index (κ3) is 3.90. The van der Waals surface area contributed by atoms with Crippen molar-refractivity contribution in [3.05, 3.63) is 29.8 Å². The molecule has 0 amide bonds. The number of benzene rings is 1. The third-order valence-corrected chi connectivity index (χ3v) is 2.65. The highest BCUT2D eigenvalue weighted by molar-refractivity contribution is 8.03. The number of allylic oxidation sites excluding steroid dienone is 1. The summed E-state index contributed by atoms with van der Waals surface area (Å²) in [6, 6.07) is 5.58. The predicted octanol–water partition coefficient (Wildman–Crippen LogP) is 3.18. The first-order chi connectivity index (χ1) is 7.27. The molecule has 1 aromatic carbocycles. The van der Waals surface area contributed by atoms with Crippen molar-refractivity contribution in [2.45, 2.75) is 11.3 Å². The average Bonchev–Trinajstić information content (AvgIpc) is 2.23. The van der Waals surface area contributed by atoms with Crippen molar-refractivity contribution in [1.29, 1.82) is 5.26 Å². The van der Waals surface area contributed by atoms with E-state index in [9.17, 15) is 0 Å². The van der Waals surface area contributed by atoms with Gasteiger partial charge in [-0.25, -0.2) is 0 Å². The van der Waals surface area contributed by atoms with Crippen molar-refractivity contribution >= 4 is 36.2 Å². The summed E-state index contributed by atoms with van der Waals surface area (Å²) in [7, 11) is 0. The van der Waals surface area contributed by atoms with Gasteiger partial charge in [0.1, 0.15) is 5.40 Å². The van der Waals surface area contributed by atoms with Crippen LogP contribution in [0.1, 0.15) is 12.0 Å². The van der Waals surface area contributed by atoms with Crippen LogP contribution < -0.4 is 5.73 Å². The van der Waals surface area contributed by atoms with Crippen LogP contribution in [-0.4, -0.2) is 5.75 Å². The molecule has 0 bridgehead atoms. The van der Waals surface area contributed by atoms with Crippen molar-refractivity contribution in [2.24, 2.45) is 0 Å². The van der Waals surface area contributed by atoms with Crippen molar-refractivity contribution < 1.29 is 0 Å². The van der Waals surface area contributed by atoms with E-state index < -0.39 is 0 Å². The van der Waals surface area contributed by atoms with Crippen LogP contribution in [0.2, 0.25) is 0 Å². The summed E-state index contributed by atoms with van der Waals surface area (Å²) in [6.45, 7) is 0. The second-order valence-corrected chi connectivity index (χ2v) is 4.20. The van der Waals surface area contributed by atoms with Crippen LogP contribution in [0.4, 0.5) is 5.69 Å². The molecule has 1 aromatic rings. The fourth-order valence-electron chi connectivity index (χ4n) is 1.10. The Bertz CT molecular complexity index is 394. The quantitative estimate of drug-likeness (QED) is 0.365. The van der Waals surface area contributed by atoms with Gasteiger partial charge in [0.15, 0.2) is 0 Å². The van der Waals surface area contributed by atoms with Crippen LogP contribution in [0.15, 0.2) is 29.2 Å². The lowest BCUT2D eigenvalue weighted by Crippen LogP contribution is -1.89. The van der Waals surface area contributed by atoms with E-state index in [1.807, 2.05) is 35.8 Å². The number of anilines is 1. The highest BCUT2D eigenvalue weighted by atomic mass is 32.2. The van der Waals surface area contributed by atoms with Gasteiger partial charge in [0.2, 0.25) is 0 Å². The summed E-state index contributed by atoms with van der Waals surface area (Å²) in [5, 5.41) is 10.6. The van der Waals surface area contributed by atoms with Crippen molar-refractivity contribution in [3.8, 4) is 5.40 Å². The van der Waals surface area contributed by atoms with Gasteiger partial charge in [-0.05, 0) is 47.7 Å². The Morgan fingerprint density at radius 2 is 2.33 bits per heavy atom. The lowest BCUT2D eigenvalue weighted by molar-refractivity contribution is 1.26. The molecule has 0 spiro atoms. The Kier molecular flexibility index (Phi) is 5.16. The van der Waals surface area contributed by atoms with Gasteiger partial charge in [-0.1, -0.05) is 12.2 Å². The number of nitrogens with zero attached hydrogens (tertiary/aromatic N) is 1. The molecule has 0 aliphatic carbocycles. The highest BCUT2D eigenvalue weighted by Gasteiger charge is 1.98. The lowest BCUT2D eigenvalue weighted by atomic mass is 10.1. The van der Waals surface area contributed by atoms with E-state index >= 15 is 0 Å². The maximum Gasteiger partial charge on any atom is 0.138 e. The van der Waals surface area contributed by atoms with E-state index in [1.54, 1.807) is 0 Å². The first kappa shape index (κ1) is 12.0. The minimum Gasteiger partial charge on any atom is -0.398 e. The molecular formula is C11H12N2S2. The normalized spacial score (nSPS) is 10.4. The summed E-state index contributed by atoms with van der Waals surface area (Å²) in [5.74, 6) is 0.822. The van der Waals surface area contributed by atoms with Crippen LogP contribution in [0, 0.1) is 10.7 Å². The number of hydrogen-bond donors (Lipinski definition) is 2. The molecule has 0 saturated heterocycles. The molecule has 0 aromatic heterocycles. The highest BCUT2D eigenvalue weighted by Crippen LogP contribution is 2.23. The Labute approximate surface area is 99.6 Å². The van der Waals surface area contributed by atoms with Gasteiger partial charge in [-0.15, -0.1) is 0 Å². The number of hydrogen-bond acceptors (Lipinski definition) is 4. The maximum atomic E-state index is 8.55. The van der Waals surface area contributed by atoms with Crippen LogP contribution in [0.3, 0.4) is 0 Å². The Hall–Kier alpha value is -1.05. The van der Waals surface area contributed by atoms with Crippen molar-refractivity contribution in [2.75, 3.05) is 11.5 Å². The number of rotatable bonds is 4. The van der Waals surface area contributed by atoms with Gasteiger partial charge in [-0.2, -0.15) is 17.9 Å². The molecule has 0 aliphatic heterocycles. The zero-order valence-corrected chi connectivity index (χ0v) is 9.89. The molecule has 1 rings (SSSR count). The fraction of sp³-hybridized carbons (Fsp3) is 0.182. The van der Waals surface area contributed by atoms with Crippen LogP contribution >= 0.6 is 24.4 Å². The van der Waals surface area contributed by atoms with Gasteiger partial charge in [0.05, 0.1) is 0 Å². The molecule has 0 heterocycles. The molecule has 0 atom stereocenters. The number of thiol groups is 1. The van der Waals surface area contributed by atoms with Gasteiger partial charge in [0, 0.05) is 10.6 Å². The van der Waals surface area contributed by atoms with E-state index in [2.05, 4.69) is 12.6 Å². The standard InChI is InChI=1S/C11H12N2S2/c12-8-15-10-4-5-11(13)9(7-10)3-1-2-6-14/h1,3-5,7,14H,2,6,13H2. The Morgan fingerprint density at radius 1 is 1.53 bits per heavy atom. The molecule has 0 aliphatic rings. The first-order valence-electron chi connectivity index (χ1n) is 4.51. The first-order valence-corrected chi connectivity index (χ1v) is 5.95. The largest absolute Gasteiger partial charge is 0.398 e. The monoisotopic (exact) mass is 236 g/mol. The summed E-state index contributed by atoms with van der Waals surface area (Å²) < 4.78 is 0. The SMILES string of the molecule is N#CSc1ccc(N)c(C=CCCS)c1. The van der Waals surface area contributed by atoms with Crippen molar-refractivity contribution in [3.63, 3.8) is 0 Å². The molecule has 0 radical (unpaired) electrons. The van der Waals surface area contributed by atoms with Crippen LogP contribution in [0.5, 0.6) is 0 Å². The molecule has 2 N–H and O–H groups in total. The van der Waals surface area contributed by atoms with Crippen molar-refractivity contribution in [1.82, 2.24) is 0 Å². The summed E-state index contributed by atoms with van der Waals surface area (Å²) in [5.41, 5.74) is 7.49. The molecule has 0 unspecified atom stereocenters. The smallest absolute Gasteiger partial charge is 0.138 e. The van der Waals surface area contributed by atoms with E-state index in [4.69, 9.17) is 11.0 Å². The number of thiocyanates is 1. The third-order valence-electron chi connectivity index (χ3n) is 1.81. The zero-order chi connectivity index (χ0) is 11.1. The second-order valence-electron chi connectivity index (χ2n) is 2.90. The molecule has 2 nitrogen and oxygen atoms in total. The maximum absolute atomic E-state index is 8.55. The van der Waals surface area contributed by atoms with E-state index in [1.165, 1.54) is 0 Å². The lowest BCUT2D eigenvalue weighted by Gasteiger charge is -2.01. The second kappa shape index (κ2) is 6.44. The van der Waals surface area contributed by atoms with E-state index in [0.29, 0.717) is 0 Å². The van der Waals surface area contributed by atoms with Gasteiger partial charge in [-0.3, -0.25) is 0 Å². The van der Waals surface area contributed by atoms with Crippen LogP contribution in [0.25, 0.3) is 6.08 Å². The summed E-state index contributed by atoms with van der Waals surface area (Å²) in [4.78, 5) is 0.914. The Morgan fingerprint density at radius 3 is 3.00 bits per heavy atom. The summed E-state index contributed by atoms with van der Waals surface area (Å²) >= 11 is 5.26. The fourth-order valence-corrected chi connectivity index (χ4v) is 1.67. The van der Waals surface area contributed by atoms with Gasteiger partial charge < -0.3 is 5.73 Å². The summed E-state index contributed by atoms with van der Waals surface area (Å²) in [6.07, 6.45) is 4.91. The minimum atomic E-state index is 0.729. The molecule has 4 heteroatoms. The topological polar surface area (TPSA) is 49.8 Å². The van der Waals surface area contributed by atoms with Crippen LogP contribution in [-0.2, 0) is 0 Å². The molecule has 78 valence electrons. The number of thioether (sulfide) groups is 1. The molecule has 0 saturated carbocycles. The van der Waals surface area contributed by atoms with Gasteiger partial charge >= 0.3 is 0 Å². The number of nitriles is 1. The molecular weight excluding hydrogens is 224 g/mol. The Balaban J connectivity index is 2.86. The molecule has 0 fully saturated rings. The van der Waals surface area contributed by atoms with Gasteiger partial charge in [0.25, 0.3) is 0 Å². The number of nitrogens with two attached hydrogens (primary N) is 1. The average molecular weight is 236 g/mol. The minimum absolute atomic E-state index is 0.729. The predicted molar refractivity (Wildman–Crippen MR) is 69.8 cm³/mol.